The van der Waals surface area contributed by atoms with Crippen molar-refractivity contribution >= 4 is 40.4 Å². The number of esters is 2. The molecule has 13 heteroatoms. The lowest BCUT2D eigenvalue weighted by molar-refractivity contribution is -0.139. The van der Waals surface area contributed by atoms with Crippen molar-refractivity contribution in [2.24, 2.45) is 0 Å². The molecule has 6 aromatic rings. The van der Waals surface area contributed by atoms with Gasteiger partial charge in [0.15, 0.2) is 0 Å². The Balaban J connectivity index is 0.000000158. The number of carbonyl (C=O) groups excluding carboxylic acids is 2. The van der Waals surface area contributed by atoms with E-state index in [1.807, 2.05) is 101 Å². The van der Waals surface area contributed by atoms with E-state index in [2.05, 4.69) is 16.9 Å². The number of anilines is 2. The highest BCUT2D eigenvalue weighted by atomic mass is 19.1. The molecular formula is C46H45F2N5O6. The monoisotopic (exact) mass is 801 g/mol. The van der Waals surface area contributed by atoms with Crippen LogP contribution in [0.15, 0.2) is 140 Å². The highest BCUT2D eigenvalue weighted by molar-refractivity contribution is 5.87. The number of rotatable bonds is 10. The van der Waals surface area contributed by atoms with Crippen LogP contribution in [-0.2, 0) is 41.8 Å². The second-order valence-corrected chi connectivity index (χ2v) is 13.3. The second kappa shape index (κ2) is 21.7. The molecule has 0 amide bonds. The molecule has 59 heavy (non-hydrogen) atoms. The standard InChI is InChI=1S/C20H20FNO3.C16H15FN4O.C10H10O2/c21-18-14-16(6-8-19(18)22-10-12-24-13-11-22)7-9-20(23)25-15-17-4-2-1-3-5-17;17-13-11-12(5-6-15(13)20-7-9-22-10-8-20)21-16-4-2-1-3-14(16)18-19-21;1-2-10(11)12-8-9-6-4-3-5-7-9/h1-9,14H,10-13,15H2;1-6,11H,7-10H2;2-7H,1,8H2/b9-7+;;. The molecule has 0 N–H and O–H groups in total. The number of para-hydroxylation sites is 1. The average Bonchev–Trinajstić information content (AvgIpc) is 3.73. The number of carbonyl (C=O) groups is 2. The summed E-state index contributed by atoms with van der Waals surface area (Å²) < 4.78 is 51.0. The Labute approximate surface area is 341 Å². The quantitative estimate of drug-likeness (QED) is 0.101. The SMILES string of the molecule is C=CC(=O)OCc1ccccc1.Fc1cc(-n2nnc3ccccc32)ccc1N1CCOCC1.O=C(/C=C/c1ccc(N2CCOCC2)c(F)c1)OCc1ccccc1. The van der Waals surface area contributed by atoms with Crippen LogP contribution in [0.25, 0.3) is 22.8 Å². The second-order valence-electron chi connectivity index (χ2n) is 13.3. The van der Waals surface area contributed by atoms with Gasteiger partial charge in [0.05, 0.1) is 49.0 Å². The van der Waals surface area contributed by atoms with E-state index in [1.54, 1.807) is 29.0 Å². The van der Waals surface area contributed by atoms with E-state index in [0.717, 1.165) is 28.2 Å². The van der Waals surface area contributed by atoms with Crippen LogP contribution in [0.3, 0.4) is 0 Å². The Morgan fingerprint density at radius 1 is 0.661 bits per heavy atom. The normalized spacial score (nSPS) is 13.8. The number of fused-ring (bicyclic) bond motifs is 1. The van der Waals surface area contributed by atoms with E-state index in [4.69, 9.17) is 18.9 Å². The number of hydrogen-bond acceptors (Lipinski definition) is 10. The molecule has 2 aliphatic rings. The summed E-state index contributed by atoms with van der Waals surface area (Å²) in [7, 11) is 0. The third kappa shape index (κ3) is 12.4. The highest BCUT2D eigenvalue weighted by Gasteiger charge is 2.17. The van der Waals surface area contributed by atoms with Gasteiger partial charge in [-0.2, -0.15) is 0 Å². The maximum Gasteiger partial charge on any atom is 0.331 e. The summed E-state index contributed by atoms with van der Waals surface area (Å²) in [5.74, 6) is -1.40. The molecule has 0 atom stereocenters. The van der Waals surface area contributed by atoms with Crippen LogP contribution >= 0.6 is 0 Å². The minimum atomic E-state index is -0.457. The highest BCUT2D eigenvalue weighted by Crippen LogP contribution is 2.25. The minimum absolute atomic E-state index is 0.217. The van der Waals surface area contributed by atoms with Crippen molar-refractivity contribution in [3.05, 3.63) is 168 Å². The first-order valence-corrected chi connectivity index (χ1v) is 19.1. The Bertz CT molecular complexity index is 2310. The number of aromatic nitrogens is 3. The molecule has 0 saturated carbocycles. The van der Waals surface area contributed by atoms with E-state index in [9.17, 15) is 18.4 Å². The van der Waals surface area contributed by atoms with Crippen molar-refractivity contribution in [3.63, 3.8) is 0 Å². The molecule has 0 radical (unpaired) electrons. The predicted octanol–water partition coefficient (Wildman–Crippen LogP) is 7.73. The summed E-state index contributed by atoms with van der Waals surface area (Å²) in [6.07, 6.45) is 4.02. The fourth-order valence-corrected chi connectivity index (χ4v) is 6.16. The van der Waals surface area contributed by atoms with Crippen molar-refractivity contribution in [2.75, 3.05) is 62.4 Å². The van der Waals surface area contributed by atoms with Crippen LogP contribution in [0, 0.1) is 11.6 Å². The van der Waals surface area contributed by atoms with Crippen LogP contribution in [0.1, 0.15) is 16.7 Å². The lowest BCUT2D eigenvalue weighted by Crippen LogP contribution is -2.36. The number of nitrogens with zero attached hydrogens (tertiary/aromatic N) is 5. The van der Waals surface area contributed by atoms with Gasteiger partial charge in [-0.1, -0.05) is 90.7 Å². The Morgan fingerprint density at radius 3 is 1.75 bits per heavy atom. The van der Waals surface area contributed by atoms with Gasteiger partial charge in [0.25, 0.3) is 0 Å². The zero-order valence-electron chi connectivity index (χ0n) is 32.5. The van der Waals surface area contributed by atoms with Gasteiger partial charge in [-0.05, 0) is 59.2 Å². The first kappa shape index (κ1) is 41.9. The molecule has 0 spiro atoms. The molecule has 2 saturated heterocycles. The van der Waals surface area contributed by atoms with E-state index >= 15 is 0 Å². The van der Waals surface area contributed by atoms with Gasteiger partial charge in [0.2, 0.25) is 0 Å². The lowest BCUT2D eigenvalue weighted by Gasteiger charge is -2.29. The first-order valence-electron chi connectivity index (χ1n) is 19.1. The van der Waals surface area contributed by atoms with E-state index < -0.39 is 5.97 Å². The molecule has 304 valence electrons. The van der Waals surface area contributed by atoms with Crippen molar-refractivity contribution in [2.45, 2.75) is 13.2 Å². The maximum absolute atomic E-state index is 14.5. The summed E-state index contributed by atoms with van der Waals surface area (Å²) in [4.78, 5) is 26.4. The number of halogens is 2. The van der Waals surface area contributed by atoms with Gasteiger partial charge in [-0.15, -0.1) is 5.10 Å². The molecule has 8 rings (SSSR count). The van der Waals surface area contributed by atoms with Gasteiger partial charge in [0, 0.05) is 44.4 Å². The summed E-state index contributed by atoms with van der Waals surface area (Å²) in [6, 6.07) is 36.7. The zero-order chi connectivity index (χ0) is 41.2. The fraction of sp³-hybridized carbons (Fsp3) is 0.217. The van der Waals surface area contributed by atoms with Crippen molar-refractivity contribution < 1.29 is 37.3 Å². The largest absolute Gasteiger partial charge is 0.458 e. The summed E-state index contributed by atoms with van der Waals surface area (Å²) in [5, 5.41) is 8.22. The van der Waals surface area contributed by atoms with Gasteiger partial charge in [-0.3, -0.25) is 0 Å². The van der Waals surface area contributed by atoms with E-state index in [-0.39, 0.29) is 24.2 Å². The molecule has 5 aromatic carbocycles. The summed E-state index contributed by atoms with van der Waals surface area (Å²) in [5.41, 5.74) is 6.01. The number of morpholine rings is 2. The third-order valence-electron chi connectivity index (χ3n) is 9.23. The number of benzene rings is 5. The third-order valence-corrected chi connectivity index (χ3v) is 9.23. The van der Waals surface area contributed by atoms with Gasteiger partial charge in [0.1, 0.15) is 30.4 Å². The van der Waals surface area contributed by atoms with Crippen LogP contribution in [0.5, 0.6) is 0 Å². The summed E-state index contributed by atoms with van der Waals surface area (Å²) in [6.45, 7) is 9.08. The molecule has 0 aliphatic carbocycles. The smallest absolute Gasteiger partial charge is 0.331 e. The molecule has 2 aliphatic heterocycles. The lowest BCUT2D eigenvalue weighted by atomic mass is 10.1. The molecule has 1 aromatic heterocycles. The maximum atomic E-state index is 14.5. The van der Waals surface area contributed by atoms with E-state index in [0.29, 0.717) is 81.8 Å². The van der Waals surface area contributed by atoms with Crippen LogP contribution in [0.2, 0.25) is 0 Å². The van der Waals surface area contributed by atoms with Crippen LogP contribution < -0.4 is 9.80 Å². The number of ether oxygens (including phenoxy) is 4. The van der Waals surface area contributed by atoms with Crippen LogP contribution in [-0.4, -0.2) is 79.5 Å². The molecule has 0 unspecified atom stereocenters. The molecule has 3 heterocycles. The molecule has 0 bridgehead atoms. The molecule has 11 nitrogen and oxygen atoms in total. The van der Waals surface area contributed by atoms with Gasteiger partial charge in [-0.25, -0.2) is 23.1 Å². The Hall–Kier alpha value is -6.70. The van der Waals surface area contributed by atoms with Crippen molar-refractivity contribution in [1.82, 2.24) is 15.0 Å². The zero-order valence-corrected chi connectivity index (χ0v) is 32.5. The van der Waals surface area contributed by atoms with Gasteiger partial charge >= 0.3 is 11.9 Å². The number of hydrogen-bond donors (Lipinski definition) is 0. The van der Waals surface area contributed by atoms with Crippen molar-refractivity contribution in [1.29, 1.82) is 0 Å². The Kier molecular flexibility index (Phi) is 15.4. The Morgan fingerprint density at radius 2 is 1.19 bits per heavy atom. The first-order chi connectivity index (χ1) is 28.9. The van der Waals surface area contributed by atoms with Crippen molar-refractivity contribution in [3.8, 4) is 5.69 Å². The average molecular weight is 802 g/mol. The van der Waals surface area contributed by atoms with E-state index in [1.165, 1.54) is 18.2 Å². The molecular weight excluding hydrogens is 757 g/mol. The fourth-order valence-electron chi connectivity index (χ4n) is 6.16. The topological polar surface area (TPSA) is 108 Å². The summed E-state index contributed by atoms with van der Waals surface area (Å²) >= 11 is 0. The minimum Gasteiger partial charge on any atom is -0.458 e. The van der Waals surface area contributed by atoms with Crippen LogP contribution in [0.4, 0.5) is 20.2 Å². The predicted molar refractivity (Wildman–Crippen MR) is 223 cm³/mol. The molecule has 2 fully saturated rings. The van der Waals surface area contributed by atoms with Gasteiger partial charge < -0.3 is 28.7 Å².